The highest BCUT2D eigenvalue weighted by Gasteiger charge is 2.16. The quantitative estimate of drug-likeness (QED) is 0.795. The molecule has 2 aromatic rings. The first-order chi connectivity index (χ1) is 12.2. The molecule has 0 unspecified atom stereocenters. The Bertz CT molecular complexity index is 681. The first kappa shape index (κ1) is 17.7. The van der Waals surface area contributed by atoms with Gasteiger partial charge in [-0.15, -0.1) is 0 Å². The second-order valence-electron chi connectivity index (χ2n) is 6.65. The molecule has 0 spiro atoms. The molecule has 0 atom stereocenters. The topological polar surface area (TPSA) is 18.5 Å². The van der Waals surface area contributed by atoms with Crippen LogP contribution < -0.4 is 10.2 Å². The van der Waals surface area contributed by atoms with Crippen LogP contribution in [-0.2, 0) is 13.0 Å². The van der Waals surface area contributed by atoms with Gasteiger partial charge in [0.15, 0.2) is 5.11 Å². The van der Waals surface area contributed by atoms with Gasteiger partial charge in [-0.1, -0.05) is 48.5 Å². The standard InChI is InChI=1S/C21H27N3S/c1-23(21(25)22-14-13-18-9-3-2-4-10-18)17-19-11-5-6-12-20(19)24-15-7-8-16-24/h2-6,9-12H,7-8,13-17H2,1H3,(H,22,25). The number of para-hydroxylation sites is 1. The Morgan fingerprint density at radius 2 is 1.72 bits per heavy atom. The molecule has 4 heteroatoms. The average molecular weight is 354 g/mol. The van der Waals surface area contributed by atoms with Crippen LogP contribution in [0.5, 0.6) is 0 Å². The van der Waals surface area contributed by atoms with Gasteiger partial charge in [-0.25, -0.2) is 0 Å². The molecule has 1 fully saturated rings. The van der Waals surface area contributed by atoms with Gasteiger partial charge in [0.05, 0.1) is 0 Å². The summed E-state index contributed by atoms with van der Waals surface area (Å²) in [6.45, 7) is 4.03. The number of anilines is 1. The van der Waals surface area contributed by atoms with E-state index in [1.54, 1.807) is 0 Å². The largest absolute Gasteiger partial charge is 0.371 e. The van der Waals surface area contributed by atoms with Crippen LogP contribution >= 0.6 is 12.2 Å². The molecule has 2 aromatic carbocycles. The van der Waals surface area contributed by atoms with Gasteiger partial charge in [0.1, 0.15) is 0 Å². The number of thiocarbonyl (C=S) groups is 1. The number of nitrogens with zero attached hydrogens (tertiary/aromatic N) is 2. The molecule has 1 aliphatic rings. The van der Waals surface area contributed by atoms with Crippen molar-refractivity contribution in [1.82, 2.24) is 10.2 Å². The molecule has 0 amide bonds. The molecule has 0 bridgehead atoms. The van der Waals surface area contributed by atoms with Gasteiger partial charge in [-0.05, 0) is 48.7 Å². The lowest BCUT2D eigenvalue weighted by Gasteiger charge is -2.26. The summed E-state index contributed by atoms with van der Waals surface area (Å²) in [6, 6.07) is 19.2. The predicted molar refractivity (Wildman–Crippen MR) is 110 cm³/mol. The van der Waals surface area contributed by atoms with E-state index in [2.05, 4.69) is 70.7 Å². The van der Waals surface area contributed by atoms with Crippen LogP contribution in [0.4, 0.5) is 5.69 Å². The lowest BCUT2D eigenvalue weighted by Crippen LogP contribution is -2.37. The van der Waals surface area contributed by atoms with Crippen molar-refractivity contribution >= 4 is 23.0 Å². The molecule has 0 aliphatic carbocycles. The highest BCUT2D eigenvalue weighted by molar-refractivity contribution is 7.80. The molecule has 1 aliphatic heterocycles. The van der Waals surface area contributed by atoms with Crippen LogP contribution in [0.1, 0.15) is 24.0 Å². The smallest absolute Gasteiger partial charge is 0.168 e. The van der Waals surface area contributed by atoms with E-state index in [4.69, 9.17) is 12.2 Å². The number of benzene rings is 2. The SMILES string of the molecule is CN(Cc1ccccc1N1CCCC1)C(=S)NCCc1ccccc1. The lowest BCUT2D eigenvalue weighted by molar-refractivity contribution is 0.489. The van der Waals surface area contributed by atoms with E-state index in [-0.39, 0.29) is 0 Å². The minimum atomic E-state index is 0.812. The third-order valence-electron chi connectivity index (χ3n) is 4.73. The fourth-order valence-corrected chi connectivity index (χ4v) is 3.50. The molecule has 1 saturated heterocycles. The third-order valence-corrected chi connectivity index (χ3v) is 5.18. The Balaban J connectivity index is 1.53. The van der Waals surface area contributed by atoms with E-state index < -0.39 is 0 Å². The average Bonchev–Trinajstić information content (AvgIpc) is 3.17. The summed E-state index contributed by atoms with van der Waals surface area (Å²) in [5.41, 5.74) is 4.04. The van der Waals surface area contributed by atoms with Crippen LogP contribution in [0.15, 0.2) is 54.6 Å². The number of rotatable bonds is 6. The summed E-state index contributed by atoms with van der Waals surface area (Å²) in [6.07, 6.45) is 3.58. The molecule has 132 valence electrons. The zero-order chi connectivity index (χ0) is 17.5. The van der Waals surface area contributed by atoms with Crippen molar-refractivity contribution in [2.75, 3.05) is 31.6 Å². The van der Waals surface area contributed by atoms with Crippen molar-refractivity contribution in [2.45, 2.75) is 25.8 Å². The fourth-order valence-electron chi connectivity index (χ4n) is 3.33. The van der Waals surface area contributed by atoms with E-state index >= 15 is 0 Å². The molecule has 0 radical (unpaired) electrons. The molecule has 1 heterocycles. The van der Waals surface area contributed by atoms with E-state index in [1.807, 2.05) is 6.07 Å². The molecule has 0 aromatic heterocycles. The Labute approximate surface area is 156 Å². The summed E-state index contributed by atoms with van der Waals surface area (Å²) >= 11 is 5.57. The summed E-state index contributed by atoms with van der Waals surface area (Å²) in [7, 11) is 2.07. The first-order valence-electron chi connectivity index (χ1n) is 9.10. The van der Waals surface area contributed by atoms with Crippen molar-refractivity contribution in [3.8, 4) is 0 Å². The van der Waals surface area contributed by atoms with Crippen LogP contribution in [0, 0.1) is 0 Å². The zero-order valence-electron chi connectivity index (χ0n) is 14.9. The monoisotopic (exact) mass is 353 g/mol. The van der Waals surface area contributed by atoms with Gasteiger partial charge < -0.3 is 15.1 Å². The number of nitrogens with one attached hydrogen (secondary N) is 1. The van der Waals surface area contributed by atoms with Gasteiger partial charge in [-0.3, -0.25) is 0 Å². The van der Waals surface area contributed by atoms with E-state index in [0.29, 0.717) is 0 Å². The summed E-state index contributed by atoms with van der Waals surface area (Å²) in [4.78, 5) is 4.63. The second kappa shape index (κ2) is 8.86. The Hall–Kier alpha value is -2.07. The number of hydrogen-bond donors (Lipinski definition) is 1. The van der Waals surface area contributed by atoms with Gasteiger partial charge in [0.25, 0.3) is 0 Å². The molecule has 25 heavy (non-hydrogen) atoms. The Morgan fingerprint density at radius 1 is 1.04 bits per heavy atom. The molecule has 3 nitrogen and oxygen atoms in total. The van der Waals surface area contributed by atoms with Crippen molar-refractivity contribution in [1.29, 1.82) is 0 Å². The maximum Gasteiger partial charge on any atom is 0.168 e. The highest BCUT2D eigenvalue weighted by atomic mass is 32.1. The van der Waals surface area contributed by atoms with Gasteiger partial charge in [0, 0.05) is 38.9 Å². The van der Waals surface area contributed by atoms with Gasteiger partial charge in [-0.2, -0.15) is 0 Å². The first-order valence-corrected chi connectivity index (χ1v) is 9.50. The van der Waals surface area contributed by atoms with Crippen LogP contribution in [0.3, 0.4) is 0 Å². The lowest BCUT2D eigenvalue weighted by atomic mass is 10.1. The molecule has 3 rings (SSSR count). The second-order valence-corrected chi connectivity index (χ2v) is 7.03. The normalized spacial score (nSPS) is 13.7. The summed E-state index contributed by atoms with van der Waals surface area (Å²) in [5.74, 6) is 0. The van der Waals surface area contributed by atoms with Gasteiger partial charge in [0.2, 0.25) is 0 Å². The summed E-state index contributed by atoms with van der Waals surface area (Å²) < 4.78 is 0. The maximum atomic E-state index is 5.57. The minimum absolute atomic E-state index is 0.812. The maximum absolute atomic E-state index is 5.57. The van der Waals surface area contributed by atoms with Crippen LogP contribution in [-0.4, -0.2) is 36.7 Å². The minimum Gasteiger partial charge on any atom is -0.371 e. The van der Waals surface area contributed by atoms with E-state index in [9.17, 15) is 0 Å². The predicted octanol–water partition coefficient (Wildman–Crippen LogP) is 3.84. The van der Waals surface area contributed by atoms with Crippen molar-refractivity contribution in [3.05, 3.63) is 65.7 Å². The number of hydrogen-bond acceptors (Lipinski definition) is 2. The fraction of sp³-hybridized carbons (Fsp3) is 0.381. The summed E-state index contributed by atoms with van der Waals surface area (Å²) in [5, 5.41) is 4.20. The van der Waals surface area contributed by atoms with Gasteiger partial charge >= 0.3 is 0 Å². The third kappa shape index (κ3) is 4.95. The van der Waals surface area contributed by atoms with Crippen molar-refractivity contribution < 1.29 is 0 Å². The van der Waals surface area contributed by atoms with Crippen molar-refractivity contribution in [2.24, 2.45) is 0 Å². The van der Waals surface area contributed by atoms with Crippen LogP contribution in [0.25, 0.3) is 0 Å². The molecule has 0 saturated carbocycles. The zero-order valence-corrected chi connectivity index (χ0v) is 15.8. The Morgan fingerprint density at radius 3 is 2.48 bits per heavy atom. The molecular weight excluding hydrogens is 326 g/mol. The molecular formula is C21H27N3S. The highest BCUT2D eigenvalue weighted by Crippen LogP contribution is 2.25. The molecule has 1 N–H and O–H groups in total. The van der Waals surface area contributed by atoms with E-state index in [0.717, 1.165) is 24.6 Å². The van der Waals surface area contributed by atoms with Crippen molar-refractivity contribution in [3.63, 3.8) is 0 Å². The van der Waals surface area contributed by atoms with Crippen LogP contribution in [0.2, 0.25) is 0 Å². The van der Waals surface area contributed by atoms with E-state index in [1.165, 1.54) is 42.7 Å². The Kier molecular flexibility index (Phi) is 6.29.